The summed E-state index contributed by atoms with van der Waals surface area (Å²) in [5.74, 6) is 0.547. The second-order valence-electron chi connectivity index (χ2n) is 5.19. The molecule has 0 saturated carbocycles. The molecular formula is C14H21NO3S. The van der Waals surface area contributed by atoms with E-state index in [4.69, 9.17) is 4.18 Å². The first-order valence-corrected chi connectivity index (χ1v) is 8.45. The van der Waals surface area contributed by atoms with Crippen molar-refractivity contribution in [2.24, 2.45) is 5.92 Å². The average molecular weight is 283 g/mol. The van der Waals surface area contributed by atoms with Crippen LogP contribution in [-0.4, -0.2) is 39.3 Å². The van der Waals surface area contributed by atoms with Crippen LogP contribution in [0, 0.1) is 5.92 Å². The molecule has 0 radical (unpaired) electrons. The van der Waals surface area contributed by atoms with Gasteiger partial charge in [0.25, 0.3) is 10.1 Å². The summed E-state index contributed by atoms with van der Waals surface area (Å²) in [6, 6.07) is 10.4. The maximum Gasteiger partial charge on any atom is 0.264 e. The minimum Gasteiger partial charge on any atom is -0.299 e. The van der Waals surface area contributed by atoms with Gasteiger partial charge in [0.1, 0.15) is 0 Å². The van der Waals surface area contributed by atoms with Gasteiger partial charge >= 0.3 is 0 Å². The first-order valence-electron chi connectivity index (χ1n) is 6.63. The van der Waals surface area contributed by atoms with E-state index in [-0.39, 0.29) is 0 Å². The molecule has 5 heteroatoms. The molecule has 1 aliphatic rings. The molecule has 0 bridgehead atoms. The van der Waals surface area contributed by atoms with Crippen molar-refractivity contribution in [3.63, 3.8) is 0 Å². The summed E-state index contributed by atoms with van der Waals surface area (Å²) >= 11 is 0. The van der Waals surface area contributed by atoms with Gasteiger partial charge in [-0.15, -0.1) is 0 Å². The average Bonchev–Trinajstić information content (AvgIpc) is 2.76. The van der Waals surface area contributed by atoms with Crippen LogP contribution in [0.4, 0.5) is 0 Å². The molecule has 1 heterocycles. The number of likely N-dealkylation sites (tertiary alicyclic amines) is 1. The van der Waals surface area contributed by atoms with E-state index in [9.17, 15) is 8.42 Å². The Balaban J connectivity index is 1.71. The third kappa shape index (κ3) is 5.30. The summed E-state index contributed by atoms with van der Waals surface area (Å²) in [7, 11) is -3.29. The summed E-state index contributed by atoms with van der Waals surface area (Å²) in [5.41, 5.74) is 1.33. The molecule has 1 fully saturated rings. The molecule has 0 aromatic heterocycles. The minimum absolute atomic E-state index is 0.308. The zero-order valence-corrected chi connectivity index (χ0v) is 12.1. The molecule has 1 aromatic rings. The van der Waals surface area contributed by atoms with Gasteiger partial charge < -0.3 is 0 Å². The Kier molecular flexibility index (Phi) is 4.96. The lowest BCUT2D eigenvalue weighted by Gasteiger charge is -2.16. The lowest BCUT2D eigenvalue weighted by molar-refractivity contribution is 0.270. The Labute approximate surface area is 115 Å². The van der Waals surface area contributed by atoms with Crippen molar-refractivity contribution in [1.29, 1.82) is 0 Å². The number of hydrogen-bond acceptors (Lipinski definition) is 4. The minimum atomic E-state index is -3.29. The fraction of sp³-hybridized carbons (Fsp3) is 0.571. The van der Waals surface area contributed by atoms with Crippen molar-refractivity contribution in [3.8, 4) is 0 Å². The highest BCUT2D eigenvalue weighted by atomic mass is 32.2. The quantitative estimate of drug-likeness (QED) is 0.748. The third-order valence-corrected chi connectivity index (χ3v) is 4.04. The van der Waals surface area contributed by atoms with Crippen LogP contribution in [0.3, 0.4) is 0 Å². The van der Waals surface area contributed by atoms with Crippen LogP contribution in [0.25, 0.3) is 0 Å². The second-order valence-corrected chi connectivity index (χ2v) is 6.83. The zero-order chi connectivity index (χ0) is 13.7. The van der Waals surface area contributed by atoms with Gasteiger partial charge in [0, 0.05) is 13.1 Å². The SMILES string of the molecule is CS(=O)(=O)OCC[C@@H]1CCN(Cc2ccccc2)C1. The highest BCUT2D eigenvalue weighted by Gasteiger charge is 2.22. The molecule has 0 spiro atoms. The van der Waals surface area contributed by atoms with Gasteiger partial charge in [-0.1, -0.05) is 30.3 Å². The predicted molar refractivity (Wildman–Crippen MR) is 75.2 cm³/mol. The number of nitrogens with zero attached hydrogens (tertiary/aromatic N) is 1. The maximum absolute atomic E-state index is 10.9. The molecule has 1 atom stereocenters. The number of rotatable bonds is 6. The molecule has 0 amide bonds. The molecule has 0 N–H and O–H groups in total. The van der Waals surface area contributed by atoms with E-state index >= 15 is 0 Å². The van der Waals surface area contributed by atoms with Gasteiger partial charge in [0.15, 0.2) is 0 Å². The number of benzene rings is 1. The van der Waals surface area contributed by atoms with E-state index in [0.29, 0.717) is 12.5 Å². The molecule has 4 nitrogen and oxygen atoms in total. The van der Waals surface area contributed by atoms with E-state index in [1.165, 1.54) is 5.56 Å². The maximum atomic E-state index is 10.9. The van der Waals surface area contributed by atoms with Crippen LogP contribution >= 0.6 is 0 Å². The summed E-state index contributed by atoms with van der Waals surface area (Å²) in [5, 5.41) is 0. The van der Waals surface area contributed by atoms with Gasteiger partial charge in [-0.3, -0.25) is 9.08 Å². The summed E-state index contributed by atoms with van der Waals surface area (Å²) in [6.45, 7) is 3.40. The fourth-order valence-electron chi connectivity index (χ4n) is 2.50. The zero-order valence-electron chi connectivity index (χ0n) is 11.3. The summed E-state index contributed by atoms with van der Waals surface area (Å²) < 4.78 is 26.6. The van der Waals surface area contributed by atoms with Crippen LogP contribution in [0.2, 0.25) is 0 Å². The largest absolute Gasteiger partial charge is 0.299 e. The Morgan fingerprint density at radius 2 is 2.05 bits per heavy atom. The molecule has 1 aromatic carbocycles. The van der Waals surface area contributed by atoms with Gasteiger partial charge in [-0.25, -0.2) is 0 Å². The predicted octanol–water partition coefficient (Wildman–Crippen LogP) is 1.87. The fourth-order valence-corrected chi connectivity index (χ4v) is 2.90. The van der Waals surface area contributed by atoms with Gasteiger partial charge in [-0.05, 0) is 30.9 Å². The molecule has 19 heavy (non-hydrogen) atoms. The van der Waals surface area contributed by atoms with Gasteiger partial charge in [-0.2, -0.15) is 8.42 Å². The van der Waals surface area contributed by atoms with Crippen LogP contribution < -0.4 is 0 Å². The van der Waals surface area contributed by atoms with E-state index < -0.39 is 10.1 Å². The molecule has 0 unspecified atom stereocenters. The normalized spacial score (nSPS) is 20.8. The van der Waals surface area contributed by atoms with Crippen molar-refractivity contribution in [1.82, 2.24) is 4.90 Å². The Bertz CT molecular complexity index is 487. The summed E-state index contributed by atoms with van der Waals surface area (Å²) in [6.07, 6.45) is 3.04. The topological polar surface area (TPSA) is 46.6 Å². The Hall–Kier alpha value is -0.910. The van der Waals surface area contributed by atoms with E-state index in [1.54, 1.807) is 0 Å². The van der Waals surface area contributed by atoms with E-state index in [1.807, 2.05) is 6.07 Å². The molecule has 0 aliphatic carbocycles. The highest BCUT2D eigenvalue weighted by Crippen LogP contribution is 2.21. The highest BCUT2D eigenvalue weighted by molar-refractivity contribution is 7.85. The van der Waals surface area contributed by atoms with Crippen molar-refractivity contribution < 1.29 is 12.6 Å². The molecule has 2 rings (SSSR count). The molecular weight excluding hydrogens is 262 g/mol. The first kappa shape index (κ1) is 14.5. The van der Waals surface area contributed by atoms with Crippen molar-refractivity contribution in [3.05, 3.63) is 35.9 Å². The van der Waals surface area contributed by atoms with Crippen molar-refractivity contribution >= 4 is 10.1 Å². The summed E-state index contributed by atoms with van der Waals surface area (Å²) in [4.78, 5) is 2.42. The van der Waals surface area contributed by atoms with E-state index in [2.05, 4.69) is 29.2 Å². The van der Waals surface area contributed by atoms with Crippen molar-refractivity contribution in [2.45, 2.75) is 19.4 Å². The van der Waals surface area contributed by atoms with Crippen LogP contribution in [0.15, 0.2) is 30.3 Å². The smallest absolute Gasteiger partial charge is 0.264 e. The molecule has 1 saturated heterocycles. The molecule has 1 aliphatic heterocycles. The monoisotopic (exact) mass is 283 g/mol. The lowest BCUT2D eigenvalue weighted by Crippen LogP contribution is -2.20. The van der Waals surface area contributed by atoms with Crippen LogP contribution in [-0.2, 0) is 20.8 Å². The standard InChI is InChI=1S/C14H21NO3S/c1-19(16,17)18-10-8-14-7-9-15(12-14)11-13-5-3-2-4-6-13/h2-6,14H,7-12H2,1H3/t14-/m0/s1. The Morgan fingerprint density at radius 1 is 1.32 bits per heavy atom. The van der Waals surface area contributed by atoms with Crippen LogP contribution in [0.1, 0.15) is 18.4 Å². The third-order valence-electron chi connectivity index (χ3n) is 3.44. The van der Waals surface area contributed by atoms with Crippen molar-refractivity contribution in [2.75, 3.05) is 26.0 Å². The molecule has 106 valence electrons. The van der Waals surface area contributed by atoms with Crippen LogP contribution in [0.5, 0.6) is 0 Å². The van der Waals surface area contributed by atoms with Gasteiger partial charge in [0.05, 0.1) is 12.9 Å². The number of hydrogen-bond donors (Lipinski definition) is 0. The first-order chi connectivity index (χ1) is 9.03. The van der Waals surface area contributed by atoms with E-state index in [0.717, 1.165) is 38.7 Å². The van der Waals surface area contributed by atoms with Gasteiger partial charge in [0.2, 0.25) is 0 Å². The lowest BCUT2D eigenvalue weighted by atomic mass is 10.1. The second kappa shape index (κ2) is 6.50. The Morgan fingerprint density at radius 3 is 2.74 bits per heavy atom.